The summed E-state index contributed by atoms with van der Waals surface area (Å²) in [5, 5.41) is 0. The zero-order chi connectivity index (χ0) is 12.4. The lowest BCUT2D eigenvalue weighted by Gasteiger charge is -2.16. The maximum atomic E-state index is 11.5. The van der Waals surface area contributed by atoms with Crippen LogP contribution in [0.1, 0.15) is 40.5 Å². The van der Waals surface area contributed by atoms with Crippen LogP contribution in [0.4, 0.5) is 0 Å². The number of esters is 1. The molecule has 0 rings (SSSR count). The summed E-state index contributed by atoms with van der Waals surface area (Å²) in [7, 11) is 0. The van der Waals surface area contributed by atoms with Crippen LogP contribution in [-0.4, -0.2) is 38.0 Å². The zero-order valence-corrected chi connectivity index (χ0v) is 10.8. The quantitative estimate of drug-likeness (QED) is 0.451. The molecule has 0 saturated heterocycles. The van der Waals surface area contributed by atoms with E-state index in [1.807, 2.05) is 20.8 Å². The molecule has 0 saturated carbocycles. The Bertz CT molecular complexity index is 180. The van der Waals surface area contributed by atoms with Gasteiger partial charge in [0.25, 0.3) is 0 Å². The molecular formula is C12H24O4. The highest BCUT2D eigenvalue weighted by Crippen LogP contribution is 2.05. The molecular weight excluding hydrogens is 208 g/mol. The highest BCUT2D eigenvalue weighted by molar-refractivity contribution is 5.74. The highest BCUT2D eigenvalue weighted by Gasteiger charge is 2.19. The Balaban J connectivity index is 3.80. The Morgan fingerprint density at radius 1 is 1.12 bits per heavy atom. The van der Waals surface area contributed by atoms with Gasteiger partial charge in [-0.1, -0.05) is 13.3 Å². The van der Waals surface area contributed by atoms with E-state index in [0.29, 0.717) is 26.2 Å². The van der Waals surface area contributed by atoms with E-state index in [2.05, 4.69) is 0 Å². The Morgan fingerprint density at radius 3 is 2.25 bits per heavy atom. The predicted molar refractivity (Wildman–Crippen MR) is 62.4 cm³/mol. The van der Waals surface area contributed by atoms with Gasteiger partial charge in [0.1, 0.15) is 0 Å². The van der Waals surface area contributed by atoms with Crippen molar-refractivity contribution in [1.29, 1.82) is 0 Å². The maximum absolute atomic E-state index is 11.5. The minimum absolute atomic E-state index is 0.191. The van der Waals surface area contributed by atoms with Gasteiger partial charge < -0.3 is 14.2 Å². The summed E-state index contributed by atoms with van der Waals surface area (Å²) < 4.78 is 15.7. The van der Waals surface area contributed by atoms with Crippen molar-refractivity contribution in [1.82, 2.24) is 0 Å². The van der Waals surface area contributed by atoms with Gasteiger partial charge in [0.15, 0.2) is 6.10 Å². The van der Waals surface area contributed by atoms with Crippen molar-refractivity contribution in [3.63, 3.8) is 0 Å². The van der Waals surface area contributed by atoms with Crippen LogP contribution in [0.5, 0.6) is 0 Å². The van der Waals surface area contributed by atoms with E-state index in [9.17, 15) is 4.79 Å². The van der Waals surface area contributed by atoms with Crippen LogP contribution in [0.15, 0.2) is 0 Å². The van der Waals surface area contributed by atoms with Crippen LogP contribution >= 0.6 is 0 Å². The van der Waals surface area contributed by atoms with Gasteiger partial charge in [-0.2, -0.15) is 0 Å². The summed E-state index contributed by atoms with van der Waals surface area (Å²) in [6.45, 7) is 9.08. The second-order valence-electron chi connectivity index (χ2n) is 3.82. The van der Waals surface area contributed by atoms with Crippen LogP contribution in [-0.2, 0) is 19.0 Å². The standard InChI is InChI=1S/C12H24O4/c1-5-7-11(12(13)14-6-2)16-9-8-15-10(3)4/h10-11H,5-9H2,1-4H3. The molecule has 0 amide bonds. The van der Waals surface area contributed by atoms with Gasteiger partial charge in [-0.05, 0) is 27.2 Å². The Hall–Kier alpha value is -0.610. The highest BCUT2D eigenvalue weighted by atomic mass is 16.6. The van der Waals surface area contributed by atoms with Crippen LogP contribution in [0.3, 0.4) is 0 Å². The molecule has 0 fully saturated rings. The van der Waals surface area contributed by atoms with Gasteiger partial charge in [-0.3, -0.25) is 0 Å². The van der Waals surface area contributed by atoms with Crippen molar-refractivity contribution in [2.75, 3.05) is 19.8 Å². The molecule has 0 aromatic rings. The number of carbonyl (C=O) groups is 1. The molecule has 1 atom stereocenters. The lowest BCUT2D eigenvalue weighted by molar-refractivity contribution is -0.158. The van der Waals surface area contributed by atoms with E-state index in [0.717, 1.165) is 6.42 Å². The molecule has 0 heterocycles. The number of hydrogen-bond donors (Lipinski definition) is 0. The normalized spacial score (nSPS) is 12.8. The van der Waals surface area contributed by atoms with Crippen molar-refractivity contribution in [3.8, 4) is 0 Å². The molecule has 1 unspecified atom stereocenters. The molecule has 0 aliphatic carbocycles. The summed E-state index contributed by atoms with van der Waals surface area (Å²) in [5.74, 6) is -0.270. The van der Waals surface area contributed by atoms with E-state index in [-0.39, 0.29) is 12.1 Å². The van der Waals surface area contributed by atoms with E-state index in [1.165, 1.54) is 0 Å². The molecule has 96 valence electrons. The van der Waals surface area contributed by atoms with E-state index in [1.54, 1.807) is 6.92 Å². The first-order valence-corrected chi connectivity index (χ1v) is 6.01. The predicted octanol–water partition coefficient (Wildman–Crippen LogP) is 2.16. The third-order valence-corrected chi connectivity index (χ3v) is 1.95. The third-order valence-electron chi connectivity index (χ3n) is 1.95. The molecule has 0 aromatic carbocycles. The Labute approximate surface area is 98.3 Å². The summed E-state index contributed by atoms with van der Waals surface area (Å²) in [6, 6.07) is 0. The van der Waals surface area contributed by atoms with Crippen LogP contribution in [0.25, 0.3) is 0 Å². The average molecular weight is 232 g/mol. The van der Waals surface area contributed by atoms with Crippen molar-refractivity contribution >= 4 is 5.97 Å². The van der Waals surface area contributed by atoms with Crippen LogP contribution in [0.2, 0.25) is 0 Å². The van der Waals surface area contributed by atoms with E-state index >= 15 is 0 Å². The molecule has 16 heavy (non-hydrogen) atoms. The smallest absolute Gasteiger partial charge is 0.335 e. The minimum Gasteiger partial charge on any atom is -0.464 e. The summed E-state index contributed by atoms with van der Waals surface area (Å²) in [5.41, 5.74) is 0. The number of carbonyl (C=O) groups excluding carboxylic acids is 1. The first-order valence-electron chi connectivity index (χ1n) is 6.01. The second-order valence-corrected chi connectivity index (χ2v) is 3.82. The fourth-order valence-corrected chi connectivity index (χ4v) is 1.24. The lowest BCUT2D eigenvalue weighted by atomic mass is 10.2. The topological polar surface area (TPSA) is 44.8 Å². The van der Waals surface area contributed by atoms with Gasteiger partial charge in [-0.15, -0.1) is 0 Å². The second kappa shape index (κ2) is 9.60. The van der Waals surface area contributed by atoms with E-state index in [4.69, 9.17) is 14.2 Å². The van der Waals surface area contributed by atoms with E-state index < -0.39 is 6.10 Å². The van der Waals surface area contributed by atoms with Crippen molar-refractivity contribution in [2.24, 2.45) is 0 Å². The van der Waals surface area contributed by atoms with Crippen LogP contribution < -0.4 is 0 Å². The maximum Gasteiger partial charge on any atom is 0.335 e. The summed E-state index contributed by atoms with van der Waals surface area (Å²) >= 11 is 0. The molecule has 0 spiro atoms. The monoisotopic (exact) mass is 232 g/mol. The molecule has 0 aliphatic rings. The fourth-order valence-electron chi connectivity index (χ4n) is 1.24. The van der Waals surface area contributed by atoms with Gasteiger partial charge in [0, 0.05) is 0 Å². The first-order chi connectivity index (χ1) is 7.61. The van der Waals surface area contributed by atoms with Crippen molar-refractivity contribution in [3.05, 3.63) is 0 Å². The fraction of sp³-hybridized carbons (Fsp3) is 0.917. The average Bonchev–Trinajstić information content (AvgIpc) is 2.22. The van der Waals surface area contributed by atoms with Gasteiger partial charge in [0.05, 0.1) is 25.9 Å². The lowest BCUT2D eigenvalue weighted by Crippen LogP contribution is -2.28. The molecule has 4 nitrogen and oxygen atoms in total. The third kappa shape index (κ3) is 7.65. The molecule has 0 radical (unpaired) electrons. The zero-order valence-electron chi connectivity index (χ0n) is 10.8. The molecule has 0 N–H and O–H groups in total. The Kier molecular flexibility index (Phi) is 9.24. The van der Waals surface area contributed by atoms with Crippen LogP contribution in [0, 0.1) is 0 Å². The summed E-state index contributed by atoms with van der Waals surface area (Å²) in [6.07, 6.45) is 1.34. The number of ether oxygens (including phenoxy) is 3. The van der Waals surface area contributed by atoms with Crippen molar-refractivity contribution < 1.29 is 19.0 Å². The van der Waals surface area contributed by atoms with Gasteiger partial charge in [0.2, 0.25) is 0 Å². The largest absolute Gasteiger partial charge is 0.464 e. The summed E-state index contributed by atoms with van der Waals surface area (Å²) in [4.78, 5) is 11.5. The Morgan fingerprint density at radius 2 is 1.75 bits per heavy atom. The molecule has 0 aliphatic heterocycles. The number of hydrogen-bond acceptors (Lipinski definition) is 4. The molecule has 0 bridgehead atoms. The van der Waals surface area contributed by atoms with Gasteiger partial charge in [-0.25, -0.2) is 4.79 Å². The first kappa shape index (κ1) is 15.4. The van der Waals surface area contributed by atoms with Gasteiger partial charge >= 0.3 is 5.97 Å². The molecule has 4 heteroatoms. The number of rotatable bonds is 9. The minimum atomic E-state index is -0.444. The van der Waals surface area contributed by atoms with Crippen molar-refractivity contribution in [2.45, 2.75) is 52.7 Å². The SMILES string of the molecule is CCCC(OCCOC(C)C)C(=O)OCC. The molecule has 0 aromatic heterocycles.